The van der Waals surface area contributed by atoms with Crippen LogP contribution in [0.3, 0.4) is 0 Å². The number of hydrazone groups is 1. The summed E-state index contributed by atoms with van der Waals surface area (Å²) in [7, 11) is -3.72. The van der Waals surface area contributed by atoms with Crippen molar-refractivity contribution in [1.82, 2.24) is 9.99 Å². The topological polar surface area (TPSA) is 83.8 Å². The van der Waals surface area contributed by atoms with Gasteiger partial charge in [-0.1, -0.05) is 40.9 Å². The molecule has 33 heavy (non-hydrogen) atoms. The number of rotatable bonds is 7. The number of aryl methyl sites for hydroxylation is 1. The number of nitrogens with one attached hydrogen (secondary N) is 1. The van der Waals surface area contributed by atoms with Crippen LogP contribution in [-0.4, -0.2) is 37.9 Å². The van der Waals surface area contributed by atoms with Crippen LogP contribution in [0.4, 0.5) is 5.69 Å². The van der Waals surface area contributed by atoms with Crippen LogP contribution in [0.2, 0.25) is 15.1 Å². The van der Waals surface area contributed by atoms with Gasteiger partial charge < -0.3 is 4.57 Å². The molecule has 0 radical (unpaired) electrons. The largest absolute Gasteiger partial charge is 0.318 e. The third kappa shape index (κ3) is 6.29. The highest BCUT2D eigenvalue weighted by atomic mass is 35.5. The van der Waals surface area contributed by atoms with Crippen LogP contribution in [-0.2, 0) is 14.8 Å². The van der Waals surface area contributed by atoms with Gasteiger partial charge >= 0.3 is 0 Å². The van der Waals surface area contributed by atoms with Crippen molar-refractivity contribution in [3.05, 3.63) is 80.6 Å². The summed E-state index contributed by atoms with van der Waals surface area (Å²) >= 11 is 18.2. The van der Waals surface area contributed by atoms with Gasteiger partial charge in [0.2, 0.25) is 10.0 Å². The maximum Gasteiger partial charge on any atom is 0.260 e. The lowest BCUT2D eigenvalue weighted by atomic mass is 10.2. The first-order valence-corrected chi connectivity index (χ1v) is 12.6. The number of amides is 1. The van der Waals surface area contributed by atoms with Gasteiger partial charge in [0.05, 0.1) is 18.2 Å². The second kappa shape index (κ2) is 10.2. The molecular formula is C22H21Cl3N4O3S. The Kier molecular flexibility index (Phi) is 7.74. The number of halogens is 3. The Morgan fingerprint density at radius 2 is 1.73 bits per heavy atom. The monoisotopic (exact) mass is 526 g/mol. The van der Waals surface area contributed by atoms with Crippen LogP contribution < -0.4 is 9.73 Å². The van der Waals surface area contributed by atoms with Gasteiger partial charge in [-0.05, 0) is 56.3 Å². The normalized spacial score (nSPS) is 11.7. The van der Waals surface area contributed by atoms with Crippen LogP contribution >= 0.6 is 34.8 Å². The van der Waals surface area contributed by atoms with E-state index < -0.39 is 22.5 Å². The minimum absolute atomic E-state index is 0.285. The number of nitrogens with zero attached hydrogens (tertiary/aromatic N) is 3. The second-order valence-electron chi connectivity index (χ2n) is 7.33. The number of aromatic nitrogens is 1. The fourth-order valence-electron chi connectivity index (χ4n) is 3.35. The van der Waals surface area contributed by atoms with E-state index in [1.165, 1.54) is 12.3 Å². The first-order chi connectivity index (χ1) is 15.5. The number of carbonyl (C=O) groups is 1. The fraction of sp³-hybridized carbons (Fsp3) is 0.182. The quantitative estimate of drug-likeness (QED) is 0.348. The average molecular weight is 528 g/mol. The highest BCUT2D eigenvalue weighted by molar-refractivity contribution is 7.92. The Morgan fingerprint density at radius 3 is 2.33 bits per heavy atom. The molecule has 2 aromatic carbocycles. The van der Waals surface area contributed by atoms with E-state index in [-0.39, 0.29) is 5.69 Å². The predicted octanol–water partition coefficient (Wildman–Crippen LogP) is 4.97. The standard InChI is InChI=1S/C22H21Cl3N4O3S/c1-14-7-16(15(2)29(14)21-10-18(24)8-19(25)11-21)12-26-27-22(30)13-28(33(3,31)32)20-6-4-5-17(23)9-20/h4-12H,13H2,1-3H3,(H,27,30)/b26-12-. The molecule has 0 saturated heterocycles. The van der Waals surface area contributed by atoms with Crippen molar-refractivity contribution in [2.24, 2.45) is 5.10 Å². The summed E-state index contributed by atoms with van der Waals surface area (Å²) < 4.78 is 27.3. The second-order valence-corrected chi connectivity index (χ2v) is 10.5. The Labute approximate surface area is 207 Å². The van der Waals surface area contributed by atoms with Gasteiger partial charge in [-0.25, -0.2) is 13.8 Å². The summed E-state index contributed by atoms with van der Waals surface area (Å²) in [5.74, 6) is -0.605. The summed E-state index contributed by atoms with van der Waals surface area (Å²) in [5, 5.41) is 5.38. The summed E-state index contributed by atoms with van der Waals surface area (Å²) in [4.78, 5) is 12.4. The van der Waals surface area contributed by atoms with Gasteiger partial charge in [0.1, 0.15) is 6.54 Å². The molecule has 174 valence electrons. The summed E-state index contributed by atoms with van der Waals surface area (Å²) in [6.07, 6.45) is 2.51. The van der Waals surface area contributed by atoms with Gasteiger partial charge in [-0.3, -0.25) is 9.10 Å². The molecule has 0 aliphatic carbocycles. The minimum atomic E-state index is -3.72. The van der Waals surface area contributed by atoms with E-state index >= 15 is 0 Å². The Bertz CT molecular complexity index is 1320. The molecule has 1 N–H and O–H groups in total. The molecule has 11 heteroatoms. The zero-order chi connectivity index (χ0) is 24.3. The minimum Gasteiger partial charge on any atom is -0.318 e. The van der Waals surface area contributed by atoms with E-state index in [0.717, 1.165) is 33.2 Å². The van der Waals surface area contributed by atoms with E-state index in [4.69, 9.17) is 34.8 Å². The third-order valence-corrected chi connectivity index (χ3v) is 6.56. The smallest absolute Gasteiger partial charge is 0.260 e. The van der Waals surface area contributed by atoms with Gasteiger partial charge in [-0.2, -0.15) is 5.10 Å². The molecule has 1 amide bonds. The van der Waals surface area contributed by atoms with Crippen molar-refractivity contribution in [1.29, 1.82) is 0 Å². The zero-order valence-electron chi connectivity index (χ0n) is 18.0. The van der Waals surface area contributed by atoms with Crippen molar-refractivity contribution in [2.45, 2.75) is 13.8 Å². The number of carbonyl (C=O) groups excluding carboxylic acids is 1. The summed E-state index contributed by atoms with van der Waals surface area (Å²) in [5.41, 5.74) is 6.00. The van der Waals surface area contributed by atoms with E-state index in [1.54, 1.807) is 36.4 Å². The molecule has 0 spiro atoms. The molecule has 0 unspecified atom stereocenters. The molecule has 0 saturated carbocycles. The van der Waals surface area contributed by atoms with E-state index in [1.807, 2.05) is 24.5 Å². The Balaban J connectivity index is 1.76. The number of sulfonamides is 1. The van der Waals surface area contributed by atoms with E-state index in [2.05, 4.69) is 10.5 Å². The Morgan fingerprint density at radius 1 is 1.06 bits per heavy atom. The molecule has 0 atom stereocenters. The molecule has 0 aliphatic rings. The fourth-order valence-corrected chi connectivity index (χ4v) is 4.90. The Hall–Kier alpha value is -2.52. The van der Waals surface area contributed by atoms with E-state index in [9.17, 15) is 13.2 Å². The van der Waals surface area contributed by atoms with Crippen molar-refractivity contribution in [3.8, 4) is 5.69 Å². The van der Waals surface area contributed by atoms with E-state index in [0.29, 0.717) is 15.1 Å². The van der Waals surface area contributed by atoms with Gasteiger partial charge in [0.25, 0.3) is 5.91 Å². The molecule has 3 aromatic rings. The maximum absolute atomic E-state index is 12.4. The predicted molar refractivity (Wildman–Crippen MR) is 135 cm³/mol. The lowest BCUT2D eigenvalue weighted by Crippen LogP contribution is -2.39. The molecule has 0 fully saturated rings. The highest BCUT2D eigenvalue weighted by Gasteiger charge is 2.21. The molecule has 1 heterocycles. The lowest BCUT2D eigenvalue weighted by molar-refractivity contribution is -0.119. The van der Waals surface area contributed by atoms with Crippen molar-refractivity contribution < 1.29 is 13.2 Å². The average Bonchev–Trinajstić information content (AvgIpc) is 2.97. The van der Waals surface area contributed by atoms with Crippen molar-refractivity contribution in [3.63, 3.8) is 0 Å². The van der Waals surface area contributed by atoms with Gasteiger partial charge in [-0.15, -0.1) is 0 Å². The molecular weight excluding hydrogens is 507 g/mol. The number of hydrogen-bond acceptors (Lipinski definition) is 4. The molecule has 0 aliphatic heterocycles. The van der Waals surface area contributed by atoms with Crippen molar-refractivity contribution in [2.75, 3.05) is 17.1 Å². The first-order valence-electron chi connectivity index (χ1n) is 9.66. The number of hydrogen-bond donors (Lipinski definition) is 1. The molecule has 0 bridgehead atoms. The van der Waals surface area contributed by atoms with Crippen molar-refractivity contribution >= 4 is 62.6 Å². The number of anilines is 1. The first kappa shape index (κ1) is 25.1. The van der Waals surface area contributed by atoms with Crippen LogP contribution in [0.1, 0.15) is 17.0 Å². The SMILES string of the molecule is Cc1cc(/C=N\NC(=O)CN(c2cccc(Cl)c2)S(C)(=O)=O)c(C)n1-c1cc(Cl)cc(Cl)c1. The van der Waals surface area contributed by atoms with Gasteiger partial charge in [0.15, 0.2) is 0 Å². The van der Waals surface area contributed by atoms with Crippen LogP contribution in [0.25, 0.3) is 5.69 Å². The summed E-state index contributed by atoms with van der Waals surface area (Å²) in [6.45, 7) is 3.37. The zero-order valence-corrected chi connectivity index (χ0v) is 21.1. The third-order valence-electron chi connectivity index (χ3n) is 4.75. The molecule has 3 rings (SSSR count). The number of benzene rings is 2. The molecule has 1 aromatic heterocycles. The van der Waals surface area contributed by atoms with Crippen LogP contribution in [0.5, 0.6) is 0 Å². The molecule has 7 nitrogen and oxygen atoms in total. The summed E-state index contributed by atoms with van der Waals surface area (Å²) in [6, 6.07) is 13.4. The maximum atomic E-state index is 12.4. The highest BCUT2D eigenvalue weighted by Crippen LogP contribution is 2.26. The van der Waals surface area contributed by atoms with Crippen LogP contribution in [0, 0.1) is 13.8 Å². The lowest BCUT2D eigenvalue weighted by Gasteiger charge is -2.21. The van der Waals surface area contributed by atoms with Gasteiger partial charge in [0, 0.05) is 37.7 Å². The van der Waals surface area contributed by atoms with Crippen LogP contribution in [0.15, 0.2) is 53.6 Å².